The normalized spacial score (nSPS) is 13.7. The zero-order valence-electron chi connectivity index (χ0n) is 12.3. The van der Waals surface area contributed by atoms with Gasteiger partial charge in [0.15, 0.2) is 0 Å². The predicted octanol–water partition coefficient (Wildman–Crippen LogP) is 3.00. The maximum absolute atomic E-state index is 4.72. The van der Waals surface area contributed by atoms with E-state index in [1.54, 1.807) is 0 Å². The van der Waals surface area contributed by atoms with Crippen molar-refractivity contribution in [1.29, 1.82) is 0 Å². The number of hydrogen-bond donors (Lipinski definition) is 0. The highest BCUT2D eigenvalue weighted by Crippen LogP contribution is 2.33. The molecule has 3 rings (SSSR count). The summed E-state index contributed by atoms with van der Waals surface area (Å²) in [4.78, 5) is 6.91. The number of anilines is 2. The van der Waals surface area contributed by atoms with Gasteiger partial charge in [-0.25, -0.2) is 4.98 Å². The Morgan fingerprint density at radius 3 is 2.65 bits per heavy atom. The summed E-state index contributed by atoms with van der Waals surface area (Å²) in [5.41, 5.74) is 5.96. The van der Waals surface area contributed by atoms with Crippen LogP contribution in [0.2, 0.25) is 0 Å². The molecule has 0 saturated heterocycles. The molecule has 1 aromatic heterocycles. The minimum atomic E-state index is 0.739. The molecule has 2 heterocycles. The fraction of sp³-hybridized carbons (Fsp3) is 0.438. The molecule has 1 aromatic carbocycles. The highest BCUT2D eigenvalue weighted by atomic mass is 15.3. The highest BCUT2D eigenvalue weighted by molar-refractivity contribution is 5.66. The monoisotopic (exact) mass is 268 g/mol. The van der Waals surface area contributed by atoms with E-state index in [2.05, 4.69) is 54.1 Å². The molecule has 20 heavy (non-hydrogen) atoms. The molecular weight excluding hydrogens is 248 g/mol. The van der Waals surface area contributed by atoms with Gasteiger partial charge in [0.05, 0.1) is 11.4 Å². The molecule has 104 valence electrons. The van der Waals surface area contributed by atoms with Gasteiger partial charge >= 0.3 is 0 Å². The van der Waals surface area contributed by atoms with Crippen molar-refractivity contribution in [3.05, 3.63) is 40.7 Å². The third-order valence-electron chi connectivity index (χ3n) is 3.88. The lowest BCUT2D eigenvalue weighted by Gasteiger charge is -2.18. The highest BCUT2D eigenvalue weighted by Gasteiger charge is 2.23. The molecule has 0 atom stereocenters. The van der Waals surface area contributed by atoms with Crippen LogP contribution in [0.25, 0.3) is 0 Å². The fourth-order valence-electron chi connectivity index (χ4n) is 2.74. The first-order chi connectivity index (χ1) is 9.72. The average molecular weight is 268 g/mol. The standard InChI is InChI=1S/C16H20N4/c1-4-13-14(5-2)18-19-16(17-13)20-9-8-12-7-6-11(3)10-15(12)20/h6-7,10H,4-5,8-9H2,1-3H3. The number of nitrogens with zero attached hydrogens (tertiary/aromatic N) is 4. The quantitative estimate of drug-likeness (QED) is 0.858. The second-order valence-corrected chi connectivity index (χ2v) is 5.25. The lowest BCUT2D eigenvalue weighted by molar-refractivity contribution is 0.798. The fourth-order valence-corrected chi connectivity index (χ4v) is 2.74. The summed E-state index contributed by atoms with van der Waals surface area (Å²) in [6.45, 7) is 7.27. The second kappa shape index (κ2) is 5.19. The van der Waals surface area contributed by atoms with Crippen molar-refractivity contribution in [3.8, 4) is 0 Å². The van der Waals surface area contributed by atoms with Gasteiger partial charge in [0.1, 0.15) is 0 Å². The Morgan fingerprint density at radius 2 is 1.90 bits per heavy atom. The van der Waals surface area contributed by atoms with E-state index in [1.165, 1.54) is 16.8 Å². The Bertz CT molecular complexity index is 636. The van der Waals surface area contributed by atoms with Crippen LogP contribution in [0.1, 0.15) is 36.4 Å². The van der Waals surface area contributed by atoms with E-state index in [4.69, 9.17) is 4.98 Å². The van der Waals surface area contributed by atoms with E-state index in [1.807, 2.05) is 0 Å². The van der Waals surface area contributed by atoms with E-state index in [-0.39, 0.29) is 0 Å². The number of rotatable bonds is 3. The summed E-state index contributed by atoms with van der Waals surface area (Å²) >= 11 is 0. The SMILES string of the molecule is CCc1nnc(N2CCc3ccc(C)cc32)nc1CC. The van der Waals surface area contributed by atoms with Crippen LogP contribution >= 0.6 is 0 Å². The van der Waals surface area contributed by atoms with Gasteiger partial charge in [-0.05, 0) is 43.4 Å². The first kappa shape index (κ1) is 13.0. The summed E-state index contributed by atoms with van der Waals surface area (Å²) in [6.07, 6.45) is 2.84. The molecule has 4 nitrogen and oxygen atoms in total. The van der Waals surface area contributed by atoms with Gasteiger partial charge in [0, 0.05) is 12.2 Å². The number of fused-ring (bicyclic) bond motifs is 1. The largest absolute Gasteiger partial charge is 0.309 e. The molecule has 0 bridgehead atoms. The summed E-state index contributed by atoms with van der Waals surface area (Å²) in [5, 5.41) is 8.69. The Balaban J connectivity index is 2.02. The molecular formula is C16H20N4. The summed E-state index contributed by atoms with van der Waals surface area (Å²) in [5.74, 6) is 0.739. The molecule has 0 amide bonds. The lowest BCUT2D eigenvalue weighted by Crippen LogP contribution is -2.19. The first-order valence-corrected chi connectivity index (χ1v) is 7.32. The summed E-state index contributed by atoms with van der Waals surface area (Å²) < 4.78 is 0. The van der Waals surface area contributed by atoms with Crippen molar-refractivity contribution < 1.29 is 0 Å². The average Bonchev–Trinajstić information content (AvgIpc) is 2.89. The Hall–Kier alpha value is -1.97. The summed E-state index contributed by atoms with van der Waals surface area (Å²) in [7, 11) is 0. The molecule has 0 radical (unpaired) electrons. The van der Waals surface area contributed by atoms with Crippen molar-refractivity contribution >= 4 is 11.6 Å². The molecule has 0 spiro atoms. The van der Waals surface area contributed by atoms with Crippen LogP contribution in [0, 0.1) is 6.92 Å². The molecule has 0 saturated carbocycles. The minimum absolute atomic E-state index is 0.739. The van der Waals surface area contributed by atoms with Crippen molar-refractivity contribution in [2.75, 3.05) is 11.4 Å². The zero-order valence-corrected chi connectivity index (χ0v) is 12.3. The van der Waals surface area contributed by atoms with Crippen LogP contribution < -0.4 is 4.90 Å². The number of aryl methyl sites for hydroxylation is 3. The molecule has 0 unspecified atom stereocenters. The maximum Gasteiger partial charge on any atom is 0.250 e. The van der Waals surface area contributed by atoms with Gasteiger partial charge in [0.2, 0.25) is 5.95 Å². The molecule has 1 aliphatic heterocycles. The minimum Gasteiger partial charge on any atom is -0.309 e. The molecule has 1 aliphatic rings. The molecule has 0 fully saturated rings. The van der Waals surface area contributed by atoms with Crippen LogP contribution in [0.5, 0.6) is 0 Å². The van der Waals surface area contributed by atoms with Crippen molar-refractivity contribution in [1.82, 2.24) is 15.2 Å². The lowest BCUT2D eigenvalue weighted by atomic mass is 10.1. The Morgan fingerprint density at radius 1 is 1.10 bits per heavy atom. The van der Waals surface area contributed by atoms with Crippen LogP contribution in [0.15, 0.2) is 18.2 Å². The van der Waals surface area contributed by atoms with Crippen molar-refractivity contribution in [2.45, 2.75) is 40.0 Å². The van der Waals surface area contributed by atoms with Crippen molar-refractivity contribution in [2.24, 2.45) is 0 Å². The van der Waals surface area contributed by atoms with Crippen molar-refractivity contribution in [3.63, 3.8) is 0 Å². The predicted molar refractivity (Wildman–Crippen MR) is 80.5 cm³/mol. The van der Waals surface area contributed by atoms with Gasteiger partial charge in [-0.1, -0.05) is 26.0 Å². The van der Waals surface area contributed by atoms with E-state index in [0.717, 1.165) is 43.1 Å². The van der Waals surface area contributed by atoms with Gasteiger partial charge in [-0.15, -0.1) is 10.2 Å². The summed E-state index contributed by atoms with van der Waals surface area (Å²) in [6, 6.07) is 6.59. The number of aromatic nitrogens is 3. The number of hydrogen-bond acceptors (Lipinski definition) is 4. The zero-order chi connectivity index (χ0) is 14.1. The van der Waals surface area contributed by atoms with Gasteiger partial charge in [0.25, 0.3) is 0 Å². The molecule has 4 heteroatoms. The van der Waals surface area contributed by atoms with E-state index < -0.39 is 0 Å². The van der Waals surface area contributed by atoms with Gasteiger partial charge < -0.3 is 4.90 Å². The molecule has 0 aliphatic carbocycles. The third kappa shape index (κ3) is 2.15. The smallest absolute Gasteiger partial charge is 0.250 e. The van der Waals surface area contributed by atoms with Crippen LogP contribution in [-0.2, 0) is 19.3 Å². The van der Waals surface area contributed by atoms with E-state index in [9.17, 15) is 0 Å². The Labute approximate surface area is 119 Å². The molecule has 0 N–H and O–H groups in total. The topological polar surface area (TPSA) is 41.9 Å². The van der Waals surface area contributed by atoms with E-state index in [0.29, 0.717) is 0 Å². The van der Waals surface area contributed by atoms with Crippen LogP contribution in [0.3, 0.4) is 0 Å². The van der Waals surface area contributed by atoms with Gasteiger partial charge in [-0.3, -0.25) is 0 Å². The number of benzene rings is 1. The van der Waals surface area contributed by atoms with Crippen LogP contribution in [-0.4, -0.2) is 21.7 Å². The maximum atomic E-state index is 4.72. The van der Waals surface area contributed by atoms with Gasteiger partial charge in [-0.2, -0.15) is 0 Å². The van der Waals surface area contributed by atoms with E-state index >= 15 is 0 Å². The third-order valence-corrected chi connectivity index (χ3v) is 3.88. The Kier molecular flexibility index (Phi) is 3.38. The first-order valence-electron chi connectivity index (χ1n) is 7.32. The molecule has 2 aromatic rings. The second-order valence-electron chi connectivity index (χ2n) is 5.25. The van der Waals surface area contributed by atoms with Crippen LogP contribution in [0.4, 0.5) is 11.6 Å².